The Bertz CT molecular complexity index is 342. The van der Waals surface area contributed by atoms with E-state index in [-0.39, 0.29) is 6.10 Å². The molecule has 0 bridgehead atoms. The molecule has 0 amide bonds. The first-order valence-electron chi connectivity index (χ1n) is 5.10. The summed E-state index contributed by atoms with van der Waals surface area (Å²) in [7, 11) is 1.63. The summed E-state index contributed by atoms with van der Waals surface area (Å²) < 4.78 is 10.7. The van der Waals surface area contributed by atoms with Crippen molar-refractivity contribution in [3.63, 3.8) is 0 Å². The molecular weight excluding hydrogens is 192 g/mol. The van der Waals surface area contributed by atoms with Crippen LogP contribution in [0.2, 0.25) is 0 Å². The molecule has 80 valence electrons. The van der Waals surface area contributed by atoms with Gasteiger partial charge in [0.25, 0.3) is 0 Å². The van der Waals surface area contributed by atoms with Gasteiger partial charge in [0.15, 0.2) is 0 Å². The highest BCUT2D eigenvalue weighted by Gasteiger charge is 2.23. The van der Waals surface area contributed by atoms with Crippen LogP contribution in [0, 0.1) is 0 Å². The Morgan fingerprint density at radius 3 is 2.40 bits per heavy atom. The second-order valence-electron chi connectivity index (χ2n) is 3.70. The number of Topliss-reactive ketones (excluding diaryl/α,β-unsaturated/α-hetero) is 1. The van der Waals surface area contributed by atoms with Gasteiger partial charge in [-0.25, -0.2) is 0 Å². The molecule has 0 N–H and O–H groups in total. The van der Waals surface area contributed by atoms with Gasteiger partial charge in [0.05, 0.1) is 7.11 Å². The molecule has 15 heavy (non-hydrogen) atoms. The molecule has 1 atom stereocenters. The fraction of sp³-hybridized carbons (Fsp3) is 0.417. The van der Waals surface area contributed by atoms with E-state index in [1.54, 1.807) is 7.11 Å². The highest BCUT2D eigenvalue weighted by Crippen LogP contribution is 2.23. The monoisotopic (exact) mass is 206 g/mol. The van der Waals surface area contributed by atoms with Crippen molar-refractivity contribution in [1.82, 2.24) is 0 Å². The molecule has 1 saturated carbocycles. The lowest BCUT2D eigenvalue weighted by Gasteiger charge is -2.12. The highest BCUT2D eigenvalue weighted by molar-refractivity contribution is 5.81. The van der Waals surface area contributed by atoms with Crippen molar-refractivity contribution in [2.75, 3.05) is 7.11 Å². The van der Waals surface area contributed by atoms with Gasteiger partial charge in [-0.3, -0.25) is 4.79 Å². The largest absolute Gasteiger partial charge is 0.497 e. The molecule has 1 fully saturated rings. The van der Waals surface area contributed by atoms with Crippen LogP contribution in [0.15, 0.2) is 24.3 Å². The Kier molecular flexibility index (Phi) is 2.90. The first-order chi connectivity index (χ1) is 7.28. The van der Waals surface area contributed by atoms with Crippen LogP contribution in [0.4, 0.5) is 0 Å². The lowest BCUT2D eigenvalue weighted by atomic mass is 10.3. The van der Waals surface area contributed by atoms with Gasteiger partial charge in [0, 0.05) is 12.8 Å². The third-order valence-electron chi connectivity index (χ3n) is 2.56. The van der Waals surface area contributed by atoms with Gasteiger partial charge in [-0.05, 0) is 30.7 Å². The maximum atomic E-state index is 11.0. The van der Waals surface area contributed by atoms with Crippen LogP contribution >= 0.6 is 0 Å². The molecular formula is C12H14O3. The summed E-state index contributed by atoms with van der Waals surface area (Å²) in [5.74, 6) is 1.91. The average Bonchev–Trinajstić information content (AvgIpc) is 2.65. The van der Waals surface area contributed by atoms with Crippen LogP contribution < -0.4 is 9.47 Å². The van der Waals surface area contributed by atoms with Gasteiger partial charge in [-0.15, -0.1) is 0 Å². The summed E-state index contributed by atoms with van der Waals surface area (Å²) in [5.41, 5.74) is 0. The SMILES string of the molecule is COc1ccc(OC2CCC(=O)C2)cc1. The Balaban J connectivity index is 1.96. The number of benzene rings is 1. The zero-order valence-electron chi connectivity index (χ0n) is 8.73. The Morgan fingerprint density at radius 1 is 1.20 bits per heavy atom. The number of carbonyl (C=O) groups excluding carboxylic acids is 1. The van der Waals surface area contributed by atoms with Gasteiger partial charge in [0.1, 0.15) is 23.4 Å². The molecule has 0 heterocycles. The van der Waals surface area contributed by atoms with Crippen LogP contribution in [-0.4, -0.2) is 19.0 Å². The number of hydrogen-bond acceptors (Lipinski definition) is 3. The van der Waals surface area contributed by atoms with Crippen molar-refractivity contribution in [2.45, 2.75) is 25.4 Å². The minimum Gasteiger partial charge on any atom is -0.497 e. The zero-order valence-corrected chi connectivity index (χ0v) is 8.73. The summed E-state index contributed by atoms with van der Waals surface area (Å²) in [6, 6.07) is 7.43. The lowest BCUT2D eigenvalue weighted by Crippen LogP contribution is -2.11. The number of ketones is 1. The molecule has 0 spiro atoms. The van der Waals surface area contributed by atoms with Crippen molar-refractivity contribution in [2.24, 2.45) is 0 Å². The van der Waals surface area contributed by atoms with Crippen molar-refractivity contribution >= 4 is 5.78 Å². The van der Waals surface area contributed by atoms with E-state index >= 15 is 0 Å². The van der Waals surface area contributed by atoms with Gasteiger partial charge < -0.3 is 9.47 Å². The highest BCUT2D eigenvalue weighted by atomic mass is 16.5. The molecule has 0 aromatic heterocycles. The maximum absolute atomic E-state index is 11.0. The lowest BCUT2D eigenvalue weighted by molar-refractivity contribution is -0.117. The van der Waals surface area contributed by atoms with Gasteiger partial charge in [-0.1, -0.05) is 0 Å². The van der Waals surface area contributed by atoms with Crippen LogP contribution in [0.1, 0.15) is 19.3 Å². The van der Waals surface area contributed by atoms with E-state index in [1.807, 2.05) is 24.3 Å². The normalized spacial score (nSPS) is 20.3. The summed E-state index contributed by atoms with van der Waals surface area (Å²) in [4.78, 5) is 11.0. The van der Waals surface area contributed by atoms with Gasteiger partial charge in [0.2, 0.25) is 0 Å². The molecule has 3 nitrogen and oxygen atoms in total. The summed E-state index contributed by atoms with van der Waals surface area (Å²) in [6.07, 6.45) is 2.10. The fourth-order valence-corrected chi connectivity index (χ4v) is 1.73. The van der Waals surface area contributed by atoms with Crippen LogP contribution in [0.5, 0.6) is 11.5 Å². The number of rotatable bonds is 3. The molecule has 0 aliphatic heterocycles. The molecule has 2 rings (SSSR count). The van der Waals surface area contributed by atoms with Gasteiger partial charge >= 0.3 is 0 Å². The summed E-state index contributed by atoms with van der Waals surface area (Å²) in [6.45, 7) is 0. The number of ether oxygens (including phenoxy) is 2. The fourth-order valence-electron chi connectivity index (χ4n) is 1.73. The van der Waals surface area contributed by atoms with Gasteiger partial charge in [-0.2, -0.15) is 0 Å². The van der Waals surface area contributed by atoms with E-state index in [0.29, 0.717) is 18.6 Å². The molecule has 3 heteroatoms. The zero-order chi connectivity index (χ0) is 10.7. The van der Waals surface area contributed by atoms with Crippen molar-refractivity contribution in [3.05, 3.63) is 24.3 Å². The number of hydrogen-bond donors (Lipinski definition) is 0. The van der Waals surface area contributed by atoms with E-state index in [2.05, 4.69) is 0 Å². The van der Waals surface area contributed by atoms with E-state index in [9.17, 15) is 4.79 Å². The standard InChI is InChI=1S/C12H14O3/c1-14-10-4-6-11(7-5-10)15-12-3-2-9(13)8-12/h4-7,12H,2-3,8H2,1H3. The maximum Gasteiger partial charge on any atom is 0.136 e. The number of carbonyl (C=O) groups is 1. The minimum atomic E-state index is 0.0610. The van der Waals surface area contributed by atoms with Crippen molar-refractivity contribution in [1.29, 1.82) is 0 Å². The van der Waals surface area contributed by atoms with Crippen LogP contribution in [-0.2, 0) is 4.79 Å². The third-order valence-corrected chi connectivity index (χ3v) is 2.56. The second kappa shape index (κ2) is 4.34. The van der Waals surface area contributed by atoms with Crippen molar-refractivity contribution < 1.29 is 14.3 Å². The molecule has 1 aliphatic rings. The van der Waals surface area contributed by atoms with Crippen molar-refractivity contribution in [3.8, 4) is 11.5 Å². The Labute approximate surface area is 89.0 Å². The number of methoxy groups -OCH3 is 1. The summed E-state index contributed by atoms with van der Waals surface area (Å²) >= 11 is 0. The minimum absolute atomic E-state index is 0.0610. The summed E-state index contributed by atoms with van der Waals surface area (Å²) in [5, 5.41) is 0. The van der Waals surface area contributed by atoms with Crippen LogP contribution in [0.25, 0.3) is 0 Å². The van der Waals surface area contributed by atoms with E-state index in [1.165, 1.54) is 0 Å². The molecule has 0 radical (unpaired) electrons. The first kappa shape index (κ1) is 10.0. The quantitative estimate of drug-likeness (QED) is 0.760. The smallest absolute Gasteiger partial charge is 0.136 e. The average molecular weight is 206 g/mol. The van der Waals surface area contributed by atoms with E-state index in [4.69, 9.17) is 9.47 Å². The Morgan fingerprint density at radius 2 is 1.87 bits per heavy atom. The molecule has 1 aromatic rings. The predicted molar refractivity (Wildman–Crippen MR) is 56.3 cm³/mol. The predicted octanol–water partition coefficient (Wildman–Crippen LogP) is 2.20. The third kappa shape index (κ3) is 2.49. The second-order valence-corrected chi connectivity index (χ2v) is 3.70. The first-order valence-corrected chi connectivity index (χ1v) is 5.10. The molecule has 1 unspecified atom stereocenters. The Hall–Kier alpha value is -1.51. The van der Waals surface area contributed by atoms with Crippen LogP contribution in [0.3, 0.4) is 0 Å². The molecule has 1 aromatic carbocycles. The van der Waals surface area contributed by atoms with E-state index < -0.39 is 0 Å². The molecule has 1 aliphatic carbocycles. The topological polar surface area (TPSA) is 35.5 Å². The molecule has 0 saturated heterocycles. The van der Waals surface area contributed by atoms with E-state index in [0.717, 1.165) is 17.9 Å².